The van der Waals surface area contributed by atoms with Crippen LogP contribution in [0.5, 0.6) is 0 Å². The molecular formula is C45H45O2P3. The van der Waals surface area contributed by atoms with E-state index in [2.05, 4.69) is 189 Å². The molecule has 0 N–H and O–H groups in total. The van der Waals surface area contributed by atoms with Gasteiger partial charge < -0.3 is 9.47 Å². The summed E-state index contributed by atoms with van der Waals surface area (Å²) in [5, 5.41) is 8.39. The van der Waals surface area contributed by atoms with E-state index in [1.165, 1.54) is 31.8 Å². The van der Waals surface area contributed by atoms with E-state index in [4.69, 9.17) is 9.47 Å². The second-order valence-corrected chi connectivity index (χ2v) is 19.8. The normalized spacial score (nSPS) is 17.0. The van der Waals surface area contributed by atoms with Crippen molar-refractivity contribution >= 4 is 55.6 Å². The molecule has 0 bridgehead atoms. The molecule has 1 aliphatic heterocycles. The largest absolute Gasteiger partial charge is 0.344 e. The van der Waals surface area contributed by atoms with Gasteiger partial charge >= 0.3 is 0 Å². The Bertz CT molecular complexity index is 1650. The first-order valence-electron chi connectivity index (χ1n) is 17.6. The van der Waals surface area contributed by atoms with Gasteiger partial charge in [-0.2, -0.15) is 0 Å². The standard InChI is InChI=1S/C45H45O2P3/c1-45(33-20-34-48(37-21-8-2-9-22-37)38-23-10-3-11-24-38)46-43(35-49(39-25-12-4-13-26-39)40-27-14-5-15-28-40)44(47-45)36-50(41-29-16-6-17-30-41)42-31-18-7-19-32-42/h2-19,21-32,43-44H,20,33-36H2,1H3/t43-,44-/m0/s1. The molecule has 50 heavy (non-hydrogen) atoms. The van der Waals surface area contributed by atoms with E-state index < -0.39 is 29.6 Å². The Balaban J connectivity index is 1.17. The minimum atomic E-state index is -0.646. The summed E-state index contributed by atoms with van der Waals surface area (Å²) in [7, 11) is -1.75. The van der Waals surface area contributed by atoms with Crippen molar-refractivity contribution in [3.8, 4) is 0 Å². The number of benzene rings is 6. The van der Waals surface area contributed by atoms with Gasteiger partial charge in [0.05, 0.1) is 12.2 Å². The fourth-order valence-corrected chi connectivity index (χ4v) is 14.2. The first-order chi connectivity index (χ1) is 24.7. The topological polar surface area (TPSA) is 18.5 Å². The van der Waals surface area contributed by atoms with Gasteiger partial charge in [0.25, 0.3) is 0 Å². The molecule has 2 nitrogen and oxygen atoms in total. The minimum absolute atomic E-state index is 0.0197. The maximum atomic E-state index is 7.21. The first kappa shape index (κ1) is 35.0. The Labute approximate surface area is 302 Å². The van der Waals surface area contributed by atoms with E-state index in [1.54, 1.807) is 0 Å². The summed E-state index contributed by atoms with van der Waals surface area (Å²) < 4.78 is 14.4. The van der Waals surface area contributed by atoms with Gasteiger partial charge in [0.15, 0.2) is 5.79 Å². The summed E-state index contributed by atoms with van der Waals surface area (Å²) in [5.74, 6) is -0.646. The lowest BCUT2D eigenvalue weighted by molar-refractivity contribution is -0.162. The van der Waals surface area contributed by atoms with Crippen LogP contribution >= 0.6 is 23.8 Å². The van der Waals surface area contributed by atoms with Crippen molar-refractivity contribution in [3.63, 3.8) is 0 Å². The predicted octanol–water partition coefficient (Wildman–Crippen LogP) is 8.67. The molecule has 6 aromatic carbocycles. The summed E-state index contributed by atoms with van der Waals surface area (Å²) in [6.07, 6.45) is 4.81. The van der Waals surface area contributed by atoms with E-state index in [0.717, 1.165) is 31.3 Å². The Hall–Kier alpha value is -3.47. The van der Waals surface area contributed by atoms with Crippen LogP contribution in [0.3, 0.4) is 0 Å². The molecule has 252 valence electrons. The highest BCUT2D eigenvalue weighted by Crippen LogP contribution is 2.46. The van der Waals surface area contributed by atoms with Gasteiger partial charge in [-0.25, -0.2) is 0 Å². The van der Waals surface area contributed by atoms with Gasteiger partial charge in [-0.3, -0.25) is 0 Å². The smallest absolute Gasteiger partial charge is 0.166 e. The van der Waals surface area contributed by atoms with Gasteiger partial charge in [0.1, 0.15) is 0 Å². The van der Waals surface area contributed by atoms with Gasteiger partial charge in [0, 0.05) is 18.7 Å². The lowest BCUT2D eigenvalue weighted by atomic mass is 10.2. The van der Waals surface area contributed by atoms with Gasteiger partial charge in [-0.05, 0) is 75.1 Å². The van der Waals surface area contributed by atoms with Gasteiger partial charge in [-0.15, -0.1) is 0 Å². The SMILES string of the molecule is CC1(CCCP(c2ccccc2)c2ccccc2)O[C@@H](CP(c2ccccc2)c2ccccc2)[C@H](CP(c2ccccc2)c2ccccc2)O1. The quantitative estimate of drug-likeness (QED) is 0.105. The number of hydrogen-bond donors (Lipinski definition) is 0. The summed E-state index contributed by atoms with van der Waals surface area (Å²) in [6.45, 7) is 2.20. The average molecular weight is 711 g/mol. The Morgan fingerprint density at radius 3 is 0.940 bits per heavy atom. The summed E-state index contributed by atoms with van der Waals surface area (Å²) in [6, 6.07) is 66.2. The average Bonchev–Trinajstić information content (AvgIpc) is 3.51. The van der Waals surface area contributed by atoms with E-state index in [0.29, 0.717) is 0 Å². The fourth-order valence-electron chi connectivity index (χ4n) is 6.94. The molecule has 0 spiro atoms. The molecular weight excluding hydrogens is 665 g/mol. The van der Waals surface area contributed by atoms with Crippen molar-refractivity contribution in [1.82, 2.24) is 0 Å². The summed E-state index contributed by atoms with van der Waals surface area (Å²) in [4.78, 5) is 0. The van der Waals surface area contributed by atoms with Crippen molar-refractivity contribution in [3.05, 3.63) is 182 Å². The van der Waals surface area contributed by atoms with E-state index in [1.807, 2.05) is 0 Å². The van der Waals surface area contributed by atoms with Crippen LogP contribution in [0.15, 0.2) is 182 Å². The van der Waals surface area contributed by atoms with Crippen LogP contribution in [0, 0.1) is 0 Å². The third kappa shape index (κ3) is 8.87. The molecule has 7 rings (SSSR count). The molecule has 0 amide bonds. The fraction of sp³-hybridized carbons (Fsp3) is 0.200. The molecule has 0 aromatic heterocycles. The number of hydrogen-bond acceptors (Lipinski definition) is 2. The summed E-state index contributed by atoms with van der Waals surface area (Å²) >= 11 is 0. The molecule has 1 heterocycles. The van der Waals surface area contributed by atoms with Crippen molar-refractivity contribution in [1.29, 1.82) is 0 Å². The Morgan fingerprint density at radius 1 is 0.400 bits per heavy atom. The zero-order valence-electron chi connectivity index (χ0n) is 28.7. The van der Waals surface area contributed by atoms with Crippen LogP contribution in [-0.2, 0) is 9.47 Å². The third-order valence-electron chi connectivity index (χ3n) is 9.36. The lowest BCUT2D eigenvalue weighted by Gasteiger charge is -2.27. The molecule has 2 atom stereocenters. The number of rotatable bonds is 14. The molecule has 0 saturated carbocycles. The highest BCUT2D eigenvalue weighted by molar-refractivity contribution is 7.73. The zero-order chi connectivity index (χ0) is 34.0. The van der Waals surface area contributed by atoms with Crippen LogP contribution in [0.1, 0.15) is 19.8 Å². The monoisotopic (exact) mass is 710 g/mol. The first-order valence-corrected chi connectivity index (χ1v) is 22.2. The highest BCUT2D eigenvalue weighted by atomic mass is 31.1. The van der Waals surface area contributed by atoms with Crippen molar-refractivity contribution in [2.45, 2.75) is 37.8 Å². The lowest BCUT2D eigenvalue weighted by Crippen LogP contribution is -2.33. The summed E-state index contributed by atoms with van der Waals surface area (Å²) in [5.41, 5.74) is 0. The maximum absolute atomic E-state index is 7.21. The molecule has 5 heteroatoms. The van der Waals surface area contributed by atoms with E-state index in [-0.39, 0.29) is 12.2 Å². The van der Waals surface area contributed by atoms with Gasteiger partial charge in [0.2, 0.25) is 0 Å². The molecule has 1 aliphatic rings. The van der Waals surface area contributed by atoms with Crippen LogP contribution in [-0.4, -0.2) is 36.5 Å². The van der Waals surface area contributed by atoms with Crippen LogP contribution in [0.4, 0.5) is 0 Å². The van der Waals surface area contributed by atoms with E-state index in [9.17, 15) is 0 Å². The number of ether oxygens (including phenoxy) is 2. The molecule has 0 aliphatic carbocycles. The maximum Gasteiger partial charge on any atom is 0.166 e. The molecule has 6 aromatic rings. The molecule has 0 radical (unpaired) electrons. The molecule has 1 saturated heterocycles. The Morgan fingerprint density at radius 2 is 0.660 bits per heavy atom. The second-order valence-electron chi connectivity index (χ2n) is 12.9. The van der Waals surface area contributed by atoms with Crippen LogP contribution in [0.2, 0.25) is 0 Å². The highest BCUT2D eigenvalue weighted by Gasteiger charge is 2.46. The Kier molecular flexibility index (Phi) is 12.0. The zero-order valence-corrected chi connectivity index (χ0v) is 31.4. The van der Waals surface area contributed by atoms with Crippen molar-refractivity contribution in [2.75, 3.05) is 18.5 Å². The van der Waals surface area contributed by atoms with Crippen LogP contribution in [0.25, 0.3) is 0 Å². The predicted molar refractivity (Wildman–Crippen MR) is 219 cm³/mol. The third-order valence-corrected chi connectivity index (χ3v) is 17.1. The second kappa shape index (κ2) is 17.2. The van der Waals surface area contributed by atoms with Crippen molar-refractivity contribution < 1.29 is 9.47 Å². The van der Waals surface area contributed by atoms with E-state index >= 15 is 0 Å². The van der Waals surface area contributed by atoms with Crippen LogP contribution < -0.4 is 31.8 Å². The van der Waals surface area contributed by atoms with Gasteiger partial charge in [-0.1, -0.05) is 182 Å². The minimum Gasteiger partial charge on any atom is -0.344 e. The molecule has 1 fully saturated rings. The van der Waals surface area contributed by atoms with Crippen molar-refractivity contribution in [2.24, 2.45) is 0 Å². The molecule has 0 unspecified atom stereocenters.